The van der Waals surface area contributed by atoms with Crippen LogP contribution in [0.25, 0.3) is 0 Å². The SMILES string of the molecule is C[Si](C)(C)OC(c1ccco1)(C(F)(F)F)C(F)(F)F. The van der Waals surface area contributed by atoms with Gasteiger partial charge in [0.2, 0.25) is 0 Å². The van der Waals surface area contributed by atoms with Crippen molar-refractivity contribution in [3.63, 3.8) is 0 Å². The summed E-state index contributed by atoms with van der Waals surface area (Å²) in [6.07, 6.45) is -10.6. The highest BCUT2D eigenvalue weighted by atomic mass is 28.4. The molecule has 0 aliphatic rings. The Bertz CT molecular complexity index is 401. The Labute approximate surface area is 106 Å². The van der Waals surface area contributed by atoms with Crippen LogP contribution in [0, 0.1) is 0 Å². The number of furan rings is 1. The van der Waals surface area contributed by atoms with E-state index in [1.165, 1.54) is 19.6 Å². The largest absolute Gasteiger partial charge is 0.466 e. The Morgan fingerprint density at radius 3 is 1.74 bits per heavy atom. The second-order valence-corrected chi connectivity index (χ2v) is 9.30. The van der Waals surface area contributed by atoms with Crippen LogP contribution in [0.5, 0.6) is 0 Å². The van der Waals surface area contributed by atoms with Crippen LogP contribution in [-0.2, 0) is 10.0 Å². The van der Waals surface area contributed by atoms with E-state index in [-0.39, 0.29) is 0 Å². The number of hydrogen-bond acceptors (Lipinski definition) is 2. The van der Waals surface area contributed by atoms with E-state index in [2.05, 4.69) is 8.84 Å². The fourth-order valence-corrected chi connectivity index (χ4v) is 2.79. The second kappa shape index (κ2) is 4.55. The van der Waals surface area contributed by atoms with Crippen molar-refractivity contribution in [1.29, 1.82) is 0 Å². The van der Waals surface area contributed by atoms with Crippen LogP contribution in [0.15, 0.2) is 22.8 Å². The van der Waals surface area contributed by atoms with Crippen molar-refractivity contribution in [3.05, 3.63) is 24.2 Å². The zero-order valence-corrected chi connectivity index (χ0v) is 11.3. The van der Waals surface area contributed by atoms with E-state index >= 15 is 0 Å². The molecule has 1 rings (SSSR count). The molecule has 1 aromatic heterocycles. The Morgan fingerprint density at radius 2 is 1.47 bits per heavy atom. The molecule has 0 unspecified atom stereocenters. The van der Waals surface area contributed by atoms with Crippen LogP contribution < -0.4 is 0 Å². The third kappa shape index (κ3) is 2.97. The highest BCUT2D eigenvalue weighted by molar-refractivity contribution is 6.69. The number of rotatable bonds is 3. The molecule has 1 heterocycles. The van der Waals surface area contributed by atoms with Gasteiger partial charge in [0.1, 0.15) is 0 Å². The summed E-state index contributed by atoms with van der Waals surface area (Å²) < 4.78 is 87.3. The molecule has 9 heteroatoms. The minimum atomic E-state index is -5.68. The summed E-state index contributed by atoms with van der Waals surface area (Å²) in [5.74, 6) is -1.31. The molecule has 0 bridgehead atoms. The average molecular weight is 306 g/mol. The maximum atomic E-state index is 13.1. The summed E-state index contributed by atoms with van der Waals surface area (Å²) in [5.41, 5.74) is -4.42. The second-order valence-electron chi connectivity index (χ2n) is 4.87. The van der Waals surface area contributed by atoms with Gasteiger partial charge >= 0.3 is 18.0 Å². The summed E-state index contributed by atoms with van der Waals surface area (Å²) in [4.78, 5) is 0. The molecule has 0 spiro atoms. The van der Waals surface area contributed by atoms with E-state index in [9.17, 15) is 26.3 Å². The van der Waals surface area contributed by atoms with Crippen LogP contribution in [-0.4, -0.2) is 20.7 Å². The van der Waals surface area contributed by atoms with Crippen LogP contribution in [0.4, 0.5) is 26.3 Å². The predicted octanol–water partition coefficient (Wildman–Crippen LogP) is 4.45. The molecule has 0 saturated carbocycles. The van der Waals surface area contributed by atoms with Gasteiger partial charge in [0, 0.05) is 0 Å². The van der Waals surface area contributed by atoms with Crippen LogP contribution >= 0.6 is 0 Å². The zero-order chi connectivity index (χ0) is 15.1. The molecule has 0 atom stereocenters. The van der Waals surface area contributed by atoms with Crippen molar-refractivity contribution >= 4 is 8.32 Å². The number of alkyl halides is 6. The smallest absolute Gasteiger partial charge is 0.433 e. The number of halogens is 6. The molecule has 0 N–H and O–H groups in total. The fourth-order valence-electron chi connectivity index (χ4n) is 1.54. The van der Waals surface area contributed by atoms with Crippen molar-refractivity contribution in [3.8, 4) is 0 Å². The molecular weight excluding hydrogens is 294 g/mol. The molecular formula is C10H12F6O2Si. The van der Waals surface area contributed by atoms with Gasteiger partial charge in [0.25, 0.3) is 0 Å². The lowest BCUT2D eigenvalue weighted by molar-refractivity contribution is -0.373. The van der Waals surface area contributed by atoms with E-state index in [1.807, 2.05) is 0 Å². The standard InChI is InChI=1S/C10H12F6O2Si/c1-19(2,3)18-8(9(11,12)13,10(14,15)16)7-5-4-6-17-7/h4-6H,1-3H3. The summed E-state index contributed by atoms with van der Waals surface area (Å²) in [5, 5.41) is 0. The minimum absolute atomic E-state index is 0.612. The first kappa shape index (κ1) is 16.1. The van der Waals surface area contributed by atoms with Gasteiger partial charge < -0.3 is 8.84 Å². The van der Waals surface area contributed by atoms with Gasteiger partial charge in [0.05, 0.1) is 6.26 Å². The van der Waals surface area contributed by atoms with Crippen molar-refractivity contribution in [1.82, 2.24) is 0 Å². The lowest BCUT2D eigenvalue weighted by Gasteiger charge is -2.39. The topological polar surface area (TPSA) is 22.4 Å². The third-order valence-electron chi connectivity index (χ3n) is 2.13. The Kier molecular flexibility index (Phi) is 3.85. The van der Waals surface area contributed by atoms with Crippen LogP contribution in [0.1, 0.15) is 5.76 Å². The van der Waals surface area contributed by atoms with Crippen molar-refractivity contribution < 1.29 is 35.2 Å². The van der Waals surface area contributed by atoms with Gasteiger partial charge in [-0.25, -0.2) is 0 Å². The van der Waals surface area contributed by atoms with Gasteiger partial charge in [-0.15, -0.1) is 0 Å². The molecule has 19 heavy (non-hydrogen) atoms. The first-order chi connectivity index (χ1) is 8.31. The van der Waals surface area contributed by atoms with Gasteiger partial charge in [0.15, 0.2) is 14.1 Å². The van der Waals surface area contributed by atoms with Crippen LogP contribution in [0.2, 0.25) is 19.6 Å². The Morgan fingerprint density at radius 1 is 1.00 bits per heavy atom. The summed E-state index contributed by atoms with van der Waals surface area (Å²) in [7, 11) is -3.17. The van der Waals surface area contributed by atoms with Gasteiger partial charge in [-0.3, -0.25) is 0 Å². The average Bonchev–Trinajstić information content (AvgIpc) is 2.60. The normalized spacial score (nSPS) is 14.8. The molecule has 0 radical (unpaired) electrons. The van der Waals surface area contributed by atoms with Gasteiger partial charge in [-0.2, -0.15) is 26.3 Å². The molecule has 0 aliphatic carbocycles. The van der Waals surface area contributed by atoms with Crippen molar-refractivity contribution in [2.45, 2.75) is 37.6 Å². The zero-order valence-electron chi connectivity index (χ0n) is 10.3. The molecule has 2 nitrogen and oxygen atoms in total. The van der Waals surface area contributed by atoms with E-state index in [1.54, 1.807) is 0 Å². The van der Waals surface area contributed by atoms with E-state index < -0.39 is 32.0 Å². The molecule has 0 aromatic carbocycles. The number of hydrogen-bond donors (Lipinski definition) is 0. The molecule has 110 valence electrons. The summed E-state index contributed by atoms with van der Waals surface area (Å²) >= 11 is 0. The molecule has 0 aliphatic heterocycles. The van der Waals surface area contributed by atoms with Gasteiger partial charge in [-0.1, -0.05) is 0 Å². The lowest BCUT2D eigenvalue weighted by atomic mass is 9.99. The Hall–Kier alpha value is -0.963. The van der Waals surface area contributed by atoms with E-state index in [0.717, 1.165) is 12.3 Å². The van der Waals surface area contributed by atoms with Crippen molar-refractivity contribution in [2.75, 3.05) is 0 Å². The van der Waals surface area contributed by atoms with E-state index in [0.29, 0.717) is 6.07 Å². The first-order valence-corrected chi connectivity index (χ1v) is 8.60. The molecule has 0 saturated heterocycles. The maximum Gasteiger partial charge on any atom is 0.433 e. The molecule has 0 fully saturated rings. The summed E-state index contributed by atoms with van der Waals surface area (Å²) in [6.45, 7) is 3.71. The first-order valence-electron chi connectivity index (χ1n) is 5.19. The monoisotopic (exact) mass is 306 g/mol. The highest BCUT2D eigenvalue weighted by Crippen LogP contribution is 2.54. The predicted molar refractivity (Wildman–Crippen MR) is 56.9 cm³/mol. The van der Waals surface area contributed by atoms with Crippen LogP contribution in [0.3, 0.4) is 0 Å². The van der Waals surface area contributed by atoms with Crippen molar-refractivity contribution in [2.24, 2.45) is 0 Å². The van der Waals surface area contributed by atoms with Gasteiger partial charge in [-0.05, 0) is 31.8 Å². The summed E-state index contributed by atoms with van der Waals surface area (Å²) in [6, 6.07) is 1.57. The van der Waals surface area contributed by atoms with E-state index in [4.69, 9.17) is 0 Å². The minimum Gasteiger partial charge on any atom is -0.466 e. The fraction of sp³-hybridized carbons (Fsp3) is 0.600. The lowest BCUT2D eigenvalue weighted by Crippen LogP contribution is -2.59. The molecule has 0 amide bonds. The Balaban J connectivity index is 3.53. The third-order valence-corrected chi connectivity index (χ3v) is 3.04. The highest BCUT2D eigenvalue weighted by Gasteiger charge is 2.76. The quantitative estimate of drug-likeness (QED) is 0.608. The molecule has 1 aromatic rings. The maximum absolute atomic E-state index is 13.1.